The lowest BCUT2D eigenvalue weighted by molar-refractivity contribution is -0.148. The van der Waals surface area contributed by atoms with Gasteiger partial charge in [0.1, 0.15) is 6.04 Å². The Balaban J connectivity index is 4.34. The first kappa shape index (κ1) is 14.9. The molecule has 0 saturated carbocycles. The highest BCUT2D eigenvalue weighted by atomic mass is 16.5. The van der Waals surface area contributed by atoms with Crippen LogP contribution in [0.25, 0.3) is 0 Å². The molecule has 2 unspecified atom stereocenters. The van der Waals surface area contributed by atoms with Crippen LogP contribution in [0.5, 0.6) is 0 Å². The Labute approximate surface area is 96.4 Å². The van der Waals surface area contributed by atoms with E-state index < -0.39 is 12.0 Å². The number of nitrogens with zero attached hydrogens (tertiary/aromatic N) is 1. The number of carbonyl (C=O) groups excluding carboxylic acids is 1. The minimum absolute atomic E-state index is 0.311. The fourth-order valence-electron chi connectivity index (χ4n) is 1.64. The third-order valence-corrected chi connectivity index (χ3v) is 2.54. The van der Waals surface area contributed by atoms with E-state index in [2.05, 4.69) is 4.74 Å². The predicted molar refractivity (Wildman–Crippen MR) is 60.1 cm³/mol. The zero-order valence-electron chi connectivity index (χ0n) is 10.4. The Kier molecular flexibility index (Phi) is 6.72. The molecule has 0 heterocycles. The van der Waals surface area contributed by atoms with E-state index in [1.807, 2.05) is 6.92 Å². The van der Waals surface area contributed by atoms with Gasteiger partial charge in [-0.25, -0.2) is 0 Å². The van der Waals surface area contributed by atoms with Crippen LogP contribution in [0.4, 0.5) is 0 Å². The van der Waals surface area contributed by atoms with Crippen molar-refractivity contribution in [2.45, 2.75) is 32.7 Å². The maximum atomic E-state index is 11.2. The van der Waals surface area contributed by atoms with Crippen LogP contribution in [0, 0.1) is 5.92 Å². The van der Waals surface area contributed by atoms with Gasteiger partial charge >= 0.3 is 11.9 Å². The van der Waals surface area contributed by atoms with Gasteiger partial charge in [-0.3, -0.25) is 14.5 Å². The molecule has 0 fully saturated rings. The van der Waals surface area contributed by atoms with Crippen LogP contribution in [-0.2, 0) is 14.3 Å². The number of carboxylic acid groups (broad SMARTS) is 1. The second-order valence-corrected chi connectivity index (χ2v) is 4.01. The summed E-state index contributed by atoms with van der Waals surface area (Å²) in [5.41, 5.74) is 0. The fraction of sp³-hybridized carbons (Fsp3) is 0.818. The number of ether oxygens (including phenoxy) is 1. The maximum absolute atomic E-state index is 11.2. The second-order valence-electron chi connectivity index (χ2n) is 4.01. The number of hydrogen-bond donors (Lipinski definition) is 1. The van der Waals surface area contributed by atoms with Crippen molar-refractivity contribution in [3.63, 3.8) is 0 Å². The Bertz CT molecular complexity index is 242. The molecule has 0 aromatic rings. The molecular formula is C11H21NO4. The van der Waals surface area contributed by atoms with Crippen LogP contribution in [0.1, 0.15) is 26.7 Å². The van der Waals surface area contributed by atoms with Crippen molar-refractivity contribution in [3.05, 3.63) is 0 Å². The van der Waals surface area contributed by atoms with E-state index in [-0.39, 0.29) is 11.9 Å². The molecule has 0 amide bonds. The highest BCUT2D eigenvalue weighted by Gasteiger charge is 2.25. The molecule has 0 radical (unpaired) electrons. The Hall–Kier alpha value is -1.10. The van der Waals surface area contributed by atoms with E-state index in [4.69, 9.17) is 5.11 Å². The molecule has 0 aromatic heterocycles. The number of aliphatic carboxylic acids is 1. The van der Waals surface area contributed by atoms with Gasteiger partial charge < -0.3 is 9.84 Å². The first-order valence-corrected chi connectivity index (χ1v) is 5.44. The van der Waals surface area contributed by atoms with Gasteiger partial charge in [-0.1, -0.05) is 20.3 Å². The Morgan fingerprint density at radius 2 is 2.00 bits per heavy atom. The smallest absolute Gasteiger partial charge is 0.320 e. The van der Waals surface area contributed by atoms with Crippen LogP contribution >= 0.6 is 0 Å². The van der Waals surface area contributed by atoms with Gasteiger partial charge in [0, 0.05) is 6.54 Å². The van der Waals surface area contributed by atoms with Gasteiger partial charge in [0.15, 0.2) is 0 Å². The largest absolute Gasteiger partial charge is 0.480 e. The first-order chi connectivity index (χ1) is 7.43. The van der Waals surface area contributed by atoms with E-state index in [1.165, 1.54) is 7.11 Å². The standard InChI is InChI=1S/C11H21NO4/c1-5-6-9(10(13)14)12(3)7-8(2)11(15)16-4/h8-9H,5-7H2,1-4H3,(H,13,14). The quantitative estimate of drug-likeness (QED) is 0.662. The molecule has 0 saturated heterocycles. The molecule has 94 valence electrons. The summed E-state index contributed by atoms with van der Waals surface area (Å²) in [6.45, 7) is 4.06. The zero-order valence-corrected chi connectivity index (χ0v) is 10.4. The molecule has 2 atom stereocenters. The van der Waals surface area contributed by atoms with E-state index >= 15 is 0 Å². The van der Waals surface area contributed by atoms with Crippen LogP contribution in [0.15, 0.2) is 0 Å². The average molecular weight is 231 g/mol. The van der Waals surface area contributed by atoms with E-state index in [0.717, 1.165) is 6.42 Å². The number of likely N-dealkylation sites (N-methyl/N-ethyl adjacent to an activating group) is 1. The van der Waals surface area contributed by atoms with Gasteiger partial charge in [-0.15, -0.1) is 0 Å². The lowest BCUT2D eigenvalue weighted by atomic mass is 10.1. The van der Waals surface area contributed by atoms with Crippen molar-refractivity contribution in [2.24, 2.45) is 5.92 Å². The molecule has 0 aromatic carbocycles. The predicted octanol–water partition coefficient (Wildman–Crippen LogP) is 0.981. The molecule has 0 aliphatic heterocycles. The van der Waals surface area contributed by atoms with Crippen molar-refractivity contribution in [1.82, 2.24) is 4.90 Å². The summed E-state index contributed by atoms with van der Waals surface area (Å²) < 4.78 is 4.60. The summed E-state index contributed by atoms with van der Waals surface area (Å²) in [6.07, 6.45) is 1.38. The van der Waals surface area contributed by atoms with Crippen molar-refractivity contribution in [1.29, 1.82) is 0 Å². The minimum atomic E-state index is -0.846. The molecule has 0 rings (SSSR count). The van der Waals surface area contributed by atoms with Crippen molar-refractivity contribution < 1.29 is 19.4 Å². The van der Waals surface area contributed by atoms with Crippen molar-refractivity contribution in [3.8, 4) is 0 Å². The first-order valence-electron chi connectivity index (χ1n) is 5.44. The summed E-state index contributed by atoms with van der Waals surface area (Å²) in [7, 11) is 3.05. The summed E-state index contributed by atoms with van der Waals surface area (Å²) in [5, 5.41) is 9.03. The highest BCUT2D eigenvalue weighted by Crippen LogP contribution is 2.09. The molecule has 5 nitrogen and oxygen atoms in total. The number of carbonyl (C=O) groups is 2. The monoisotopic (exact) mass is 231 g/mol. The number of hydrogen-bond acceptors (Lipinski definition) is 4. The number of methoxy groups -OCH3 is 1. The summed E-state index contributed by atoms with van der Waals surface area (Å²) in [6, 6.07) is -0.530. The van der Waals surface area contributed by atoms with Crippen LogP contribution < -0.4 is 0 Å². The molecule has 1 N–H and O–H groups in total. The van der Waals surface area contributed by atoms with Crippen LogP contribution in [0.2, 0.25) is 0 Å². The average Bonchev–Trinajstić information content (AvgIpc) is 2.23. The highest BCUT2D eigenvalue weighted by molar-refractivity contribution is 5.74. The fourth-order valence-corrected chi connectivity index (χ4v) is 1.64. The second kappa shape index (κ2) is 7.22. The lowest BCUT2D eigenvalue weighted by Crippen LogP contribution is -2.42. The van der Waals surface area contributed by atoms with Crippen LogP contribution in [-0.4, -0.2) is 48.7 Å². The minimum Gasteiger partial charge on any atom is -0.480 e. The molecule has 0 spiro atoms. The van der Waals surface area contributed by atoms with Gasteiger partial charge in [-0.05, 0) is 13.5 Å². The molecule has 0 bridgehead atoms. The molecule has 5 heteroatoms. The van der Waals surface area contributed by atoms with Crippen LogP contribution in [0.3, 0.4) is 0 Å². The summed E-state index contributed by atoms with van der Waals surface area (Å²) in [4.78, 5) is 23.9. The Morgan fingerprint density at radius 3 is 2.38 bits per heavy atom. The van der Waals surface area contributed by atoms with Gasteiger partial charge in [0.05, 0.1) is 13.0 Å². The lowest BCUT2D eigenvalue weighted by Gasteiger charge is -2.26. The van der Waals surface area contributed by atoms with Crippen molar-refractivity contribution >= 4 is 11.9 Å². The van der Waals surface area contributed by atoms with Gasteiger partial charge in [0.25, 0.3) is 0 Å². The van der Waals surface area contributed by atoms with Gasteiger partial charge in [-0.2, -0.15) is 0 Å². The third kappa shape index (κ3) is 4.61. The van der Waals surface area contributed by atoms with E-state index in [1.54, 1.807) is 18.9 Å². The third-order valence-electron chi connectivity index (χ3n) is 2.54. The number of esters is 1. The zero-order chi connectivity index (χ0) is 12.7. The van der Waals surface area contributed by atoms with Crippen molar-refractivity contribution in [2.75, 3.05) is 20.7 Å². The SMILES string of the molecule is CCCC(C(=O)O)N(C)CC(C)C(=O)OC. The number of carboxylic acids is 1. The summed E-state index contributed by atoms with van der Waals surface area (Å²) in [5.74, 6) is -1.47. The van der Waals surface area contributed by atoms with Gasteiger partial charge in [0.2, 0.25) is 0 Å². The topological polar surface area (TPSA) is 66.8 Å². The normalized spacial score (nSPS) is 14.6. The Morgan fingerprint density at radius 1 is 1.44 bits per heavy atom. The number of rotatable bonds is 7. The molecular weight excluding hydrogens is 210 g/mol. The molecule has 0 aliphatic carbocycles. The van der Waals surface area contributed by atoms with E-state index in [9.17, 15) is 9.59 Å². The van der Waals surface area contributed by atoms with E-state index in [0.29, 0.717) is 13.0 Å². The molecule has 0 aliphatic rings. The maximum Gasteiger partial charge on any atom is 0.320 e. The molecule has 16 heavy (non-hydrogen) atoms. The summed E-state index contributed by atoms with van der Waals surface area (Å²) >= 11 is 0.